The maximum Gasteiger partial charge on any atom is 0.127 e. The first-order valence-electron chi connectivity index (χ1n) is 6.98. The van der Waals surface area contributed by atoms with Crippen molar-refractivity contribution in [2.24, 2.45) is 0 Å². The van der Waals surface area contributed by atoms with E-state index in [1.54, 1.807) is 0 Å². The lowest BCUT2D eigenvalue weighted by Crippen LogP contribution is -2.39. The summed E-state index contributed by atoms with van der Waals surface area (Å²) in [5, 5.41) is 9.12. The van der Waals surface area contributed by atoms with Crippen LogP contribution in [0, 0.1) is 0 Å². The average Bonchev–Trinajstić information content (AvgIpc) is 2.42. The van der Waals surface area contributed by atoms with Gasteiger partial charge >= 0.3 is 0 Å². The molecule has 1 aliphatic rings. The number of aryl methyl sites for hydroxylation is 1. The largest absolute Gasteiger partial charge is 0.396 e. The summed E-state index contributed by atoms with van der Waals surface area (Å²) in [4.78, 5) is 11.2. The molecule has 1 unspecified atom stereocenters. The molecule has 0 bridgehead atoms. The van der Waals surface area contributed by atoms with Gasteiger partial charge < -0.3 is 5.11 Å². The van der Waals surface area contributed by atoms with Gasteiger partial charge in [0.15, 0.2) is 0 Å². The maximum atomic E-state index is 9.12. The Morgan fingerprint density at radius 1 is 1.33 bits per heavy atom. The van der Waals surface area contributed by atoms with Crippen LogP contribution in [0.1, 0.15) is 44.0 Å². The molecule has 1 N–H and O–H groups in total. The lowest BCUT2D eigenvalue weighted by Gasteiger charge is -2.35. The Balaban J connectivity index is 1.96. The Morgan fingerprint density at radius 3 is 2.78 bits per heavy atom. The first-order chi connectivity index (χ1) is 8.83. The van der Waals surface area contributed by atoms with E-state index in [-0.39, 0.29) is 6.61 Å². The van der Waals surface area contributed by atoms with Gasteiger partial charge in [0.25, 0.3) is 0 Å². The topological polar surface area (TPSA) is 49.2 Å². The van der Waals surface area contributed by atoms with Gasteiger partial charge in [-0.1, -0.05) is 13.3 Å². The molecular weight excluding hydrogens is 226 g/mol. The predicted octanol–water partition coefficient (Wildman–Crippen LogP) is 1.78. The molecule has 0 aromatic carbocycles. The highest BCUT2D eigenvalue weighted by atomic mass is 16.3. The van der Waals surface area contributed by atoms with Gasteiger partial charge in [-0.05, 0) is 25.8 Å². The third-order valence-corrected chi connectivity index (χ3v) is 3.67. The minimum Gasteiger partial charge on any atom is -0.396 e. The van der Waals surface area contributed by atoms with E-state index in [0.29, 0.717) is 6.04 Å². The van der Waals surface area contributed by atoms with Crippen molar-refractivity contribution < 1.29 is 5.11 Å². The third kappa shape index (κ3) is 3.50. The van der Waals surface area contributed by atoms with Crippen LogP contribution in [0.5, 0.6) is 0 Å². The molecule has 0 spiro atoms. The van der Waals surface area contributed by atoms with Crippen molar-refractivity contribution in [2.75, 3.05) is 13.2 Å². The lowest BCUT2D eigenvalue weighted by molar-refractivity contribution is 0.112. The van der Waals surface area contributed by atoms with E-state index in [2.05, 4.69) is 21.8 Å². The molecule has 100 valence electrons. The van der Waals surface area contributed by atoms with Gasteiger partial charge in [-0.2, -0.15) is 0 Å². The van der Waals surface area contributed by atoms with Crippen molar-refractivity contribution in [1.82, 2.24) is 14.9 Å². The summed E-state index contributed by atoms with van der Waals surface area (Å²) >= 11 is 0. The normalized spacial score (nSPS) is 21.1. The molecule has 4 heteroatoms. The number of aromatic nitrogens is 2. The quantitative estimate of drug-likeness (QED) is 0.864. The fourth-order valence-electron chi connectivity index (χ4n) is 2.62. The van der Waals surface area contributed by atoms with Crippen LogP contribution in [-0.2, 0) is 13.0 Å². The highest BCUT2D eigenvalue weighted by Crippen LogP contribution is 2.21. The second-order valence-corrected chi connectivity index (χ2v) is 4.99. The minimum absolute atomic E-state index is 0.284. The van der Waals surface area contributed by atoms with E-state index >= 15 is 0 Å². The van der Waals surface area contributed by atoms with Gasteiger partial charge in [0, 0.05) is 43.6 Å². The van der Waals surface area contributed by atoms with Crippen LogP contribution in [0.25, 0.3) is 0 Å². The molecule has 2 heterocycles. The van der Waals surface area contributed by atoms with Crippen LogP contribution in [0.4, 0.5) is 0 Å². The zero-order valence-electron chi connectivity index (χ0n) is 11.2. The smallest absolute Gasteiger partial charge is 0.127 e. The van der Waals surface area contributed by atoms with Gasteiger partial charge in [0.2, 0.25) is 0 Å². The summed E-state index contributed by atoms with van der Waals surface area (Å²) in [6.07, 6.45) is 9.40. The van der Waals surface area contributed by atoms with Crippen molar-refractivity contribution in [2.45, 2.75) is 51.6 Å². The van der Waals surface area contributed by atoms with E-state index in [1.807, 2.05) is 12.4 Å². The van der Waals surface area contributed by atoms with Crippen LogP contribution in [-0.4, -0.2) is 39.2 Å². The molecule has 1 aromatic heterocycles. The molecule has 4 nitrogen and oxygen atoms in total. The Bertz CT molecular complexity index is 351. The zero-order valence-corrected chi connectivity index (χ0v) is 11.2. The summed E-state index contributed by atoms with van der Waals surface area (Å²) in [7, 11) is 0. The Morgan fingerprint density at radius 2 is 2.11 bits per heavy atom. The van der Waals surface area contributed by atoms with Crippen molar-refractivity contribution in [3.8, 4) is 0 Å². The van der Waals surface area contributed by atoms with E-state index in [4.69, 9.17) is 5.11 Å². The lowest BCUT2D eigenvalue weighted by atomic mass is 9.99. The number of hydrogen-bond acceptors (Lipinski definition) is 4. The number of hydrogen-bond donors (Lipinski definition) is 1. The molecule has 2 rings (SSSR count). The van der Waals surface area contributed by atoms with E-state index < -0.39 is 0 Å². The van der Waals surface area contributed by atoms with Crippen LogP contribution in [0.2, 0.25) is 0 Å². The first-order valence-corrected chi connectivity index (χ1v) is 6.98. The first kappa shape index (κ1) is 13.4. The highest BCUT2D eigenvalue weighted by molar-refractivity contribution is 5.05. The van der Waals surface area contributed by atoms with Crippen LogP contribution < -0.4 is 0 Å². The summed E-state index contributed by atoms with van der Waals surface area (Å²) in [5.41, 5.74) is 1.18. The highest BCUT2D eigenvalue weighted by Gasteiger charge is 2.21. The SMILES string of the molecule is CCc1ncc(CN2CCCCC2CCO)cn1. The molecule has 1 fully saturated rings. The second-order valence-electron chi connectivity index (χ2n) is 4.99. The molecule has 0 amide bonds. The summed E-state index contributed by atoms with van der Waals surface area (Å²) in [5.74, 6) is 0.907. The fraction of sp³-hybridized carbons (Fsp3) is 0.714. The number of aliphatic hydroxyl groups is 1. The van der Waals surface area contributed by atoms with Crippen molar-refractivity contribution >= 4 is 0 Å². The third-order valence-electron chi connectivity index (χ3n) is 3.67. The van der Waals surface area contributed by atoms with Gasteiger partial charge in [-0.25, -0.2) is 9.97 Å². The monoisotopic (exact) mass is 249 g/mol. The van der Waals surface area contributed by atoms with Crippen molar-refractivity contribution in [3.05, 3.63) is 23.8 Å². The van der Waals surface area contributed by atoms with Gasteiger partial charge in [0.05, 0.1) is 0 Å². The molecule has 1 atom stereocenters. The summed E-state index contributed by atoms with van der Waals surface area (Å²) in [6, 6.07) is 0.523. The average molecular weight is 249 g/mol. The fourth-order valence-corrected chi connectivity index (χ4v) is 2.62. The molecule has 1 saturated heterocycles. The molecule has 1 aromatic rings. The summed E-state index contributed by atoms with van der Waals surface area (Å²) in [6.45, 7) is 4.39. The number of piperidine rings is 1. The van der Waals surface area contributed by atoms with Gasteiger partial charge in [0.1, 0.15) is 5.82 Å². The standard InChI is InChI=1S/C14H23N3O/c1-2-14-15-9-12(10-16-14)11-17-7-4-3-5-13(17)6-8-18/h9-10,13,18H,2-8,11H2,1H3. The van der Waals surface area contributed by atoms with E-state index in [0.717, 1.165) is 31.8 Å². The van der Waals surface area contributed by atoms with Crippen molar-refractivity contribution in [1.29, 1.82) is 0 Å². The Hall–Kier alpha value is -1.00. The Labute approximate surface area is 109 Å². The molecule has 0 aliphatic carbocycles. The molecule has 1 aliphatic heterocycles. The van der Waals surface area contributed by atoms with E-state index in [1.165, 1.54) is 24.8 Å². The maximum absolute atomic E-state index is 9.12. The van der Waals surface area contributed by atoms with Gasteiger partial charge in [-0.15, -0.1) is 0 Å². The predicted molar refractivity (Wildman–Crippen MR) is 71.2 cm³/mol. The minimum atomic E-state index is 0.284. The molecule has 0 saturated carbocycles. The molecular formula is C14H23N3O. The summed E-state index contributed by atoms with van der Waals surface area (Å²) < 4.78 is 0. The second kappa shape index (κ2) is 6.81. The Kier molecular flexibility index (Phi) is 5.08. The number of likely N-dealkylation sites (tertiary alicyclic amines) is 1. The van der Waals surface area contributed by atoms with Crippen molar-refractivity contribution in [3.63, 3.8) is 0 Å². The van der Waals surface area contributed by atoms with Gasteiger partial charge in [-0.3, -0.25) is 4.90 Å². The van der Waals surface area contributed by atoms with Crippen LogP contribution in [0.3, 0.4) is 0 Å². The van der Waals surface area contributed by atoms with Crippen LogP contribution in [0.15, 0.2) is 12.4 Å². The number of nitrogens with zero attached hydrogens (tertiary/aromatic N) is 3. The molecule has 18 heavy (non-hydrogen) atoms. The number of rotatable bonds is 5. The number of aliphatic hydroxyl groups excluding tert-OH is 1. The zero-order chi connectivity index (χ0) is 12.8. The van der Waals surface area contributed by atoms with Crippen LogP contribution >= 0.6 is 0 Å². The molecule has 0 radical (unpaired) electrons. The van der Waals surface area contributed by atoms with E-state index in [9.17, 15) is 0 Å².